The highest BCUT2D eigenvalue weighted by Gasteiger charge is 2.16. The monoisotopic (exact) mass is 281 g/mol. The van der Waals surface area contributed by atoms with Gasteiger partial charge in [0, 0.05) is 26.3 Å². The van der Waals surface area contributed by atoms with E-state index in [0.29, 0.717) is 5.75 Å². The van der Waals surface area contributed by atoms with E-state index in [1.165, 1.54) is 12.0 Å². The van der Waals surface area contributed by atoms with Gasteiger partial charge in [-0.1, -0.05) is 17.7 Å². The maximum atomic E-state index is 12.2. The van der Waals surface area contributed by atoms with Crippen LogP contribution in [-0.2, 0) is 16.0 Å². The first-order chi connectivity index (χ1) is 9.47. The highest BCUT2D eigenvalue weighted by molar-refractivity contribution is 5.79. The molecule has 5 nitrogen and oxygen atoms in total. The number of amides is 1. The highest BCUT2D eigenvalue weighted by Crippen LogP contribution is 2.20. The van der Waals surface area contributed by atoms with Crippen molar-refractivity contribution < 1.29 is 19.4 Å². The maximum Gasteiger partial charge on any atom is 0.226 e. The van der Waals surface area contributed by atoms with Crippen molar-refractivity contribution in [3.8, 4) is 5.75 Å². The molecule has 1 amide bonds. The molecule has 1 aromatic rings. The van der Waals surface area contributed by atoms with Crippen molar-refractivity contribution >= 4 is 5.91 Å². The number of carbonyl (C=O) groups is 1. The van der Waals surface area contributed by atoms with Gasteiger partial charge in [-0.25, -0.2) is 0 Å². The molecule has 0 fully saturated rings. The van der Waals surface area contributed by atoms with Gasteiger partial charge in [0.25, 0.3) is 0 Å². The Morgan fingerprint density at radius 1 is 1.40 bits per heavy atom. The van der Waals surface area contributed by atoms with Gasteiger partial charge in [0.15, 0.2) is 0 Å². The van der Waals surface area contributed by atoms with Crippen molar-refractivity contribution in [2.45, 2.75) is 19.4 Å². The standard InChI is InChI=1S/C15H23NO4/c1-11-5-6-14(20-4)12(7-11)8-15(18)16(2)9-13(17)10-19-3/h5-7,13,17H,8-10H2,1-4H3. The number of rotatable bonds is 7. The zero-order chi connectivity index (χ0) is 15.1. The lowest BCUT2D eigenvalue weighted by atomic mass is 10.1. The van der Waals surface area contributed by atoms with Gasteiger partial charge < -0.3 is 19.5 Å². The topological polar surface area (TPSA) is 59.0 Å². The average Bonchev–Trinajstić information content (AvgIpc) is 2.39. The van der Waals surface area contributed by atoms with Crippen molar-refractivity contribution in [1.82, 2.24) is 4.90 Å². The molecule has 1 N–H and O–H groups in total. The summed E-state index contributed by atoms with van der Waals surface area (Å²) < 4.78 is 10.1. The van der Waals surface area contributed by atoms with E-state index >= 15 is 0 Å². The molecule has 0 radical (unpaired) electrons. The van der Waals surface area contributed by atoms with Gasteiger partial charge in [-0.2, -0.15) is 0 Å². The number of methoxy groups -OCH3 is 2. The van der Waals surface area contributed by atoms with Gasteiger partial charge in [0.05, 0.1) is 26.2 Å². The number of carbonyl (C=O) groups excluding carboxylic acids is 1. The zero-order valence-corrected chi connectivity index (χ0v) is 12.5. The number of aliphatic hydroxyl groups is 1. The third kappa shape index (κ3) is 4.83. The molecule has 0 heterocycles. The number of nitrogens with zero attached hydrogens (tertiary/aromatic N) is 1. The Bertz CT molecular complexity index is 447. The summed E-state index contributed by atoms with van der Waals surface area (Å²) in [6.07, 6.45) is -0.422. The first-order valence-electron chi connectivity index (χ1n) is 6.52. The van der Waals surface area contributed by atoms with Gasteiger partial charge in [-0.15, -0.1) is 0 Å². The molecule has 0 aliphatic carbocycles. The number of aryl methyl sites for hydroxylation is 1. The van der Waals surface area contributed by atoms with Crippen molar-refractivity contribution in [2.75, 3.05) is 34.4 Å². The lowest BCUT2D eigenvalue weighted by Crippen LogP contribution is -2.37. The fourth-order valence-electron chi connectivity index (χ4n) is 2.01. The summed E-state index contributed by atoms with van der Waals surface area (Å²) in [7, 11) is 4.77. The Morgan fingerprint density at radius 2 is 2.10 bits per heavy atom. The van der Waals surface area contributed by atoms with Crippen molar-refractivity contribution in [2.24, 2.45) is 0 Å². The molecule has 0 spiro atoms. The molecule has 5 heteroatoms. The van der Waals surface area contributed by atoms with Gasteiger partial charge in [-0.3, -0.25) is 4.79 Å². The summed E-state index contributed by atoms with van der Waals surface area (Å²) in [6.45, 7) is 2.44. The Hall–Kier alpha value is -1.59. The normalized spacial score (nSPS) is 12.1. The molecule has 0 saturated heterocycles. The van der Waals surface area contributed by atoms with Crippen LogP contribution in [0, 0.1) is 6.92 Å². The quantitative estimate of drug-likeness (QED) is 0.810. The molecule has 1 rings (SSSR count). The van der Waals surface area contributed by atoms with Crippen LogP contribution in [0.25, 0.3) is 0 Å². The molecular weight excluding hydrogens is 258 g/mol. The number of likely N-dealkylation sites (N-methyl/N-ethyl adjacent to an activating group) is 1. The zero-order valence-electron chi connectivity index (χ0n) is 12.5. The number of aliphatic hydroxyl groups excluding tert-OH is 1. The number of hydrogen-bond acceptors (Lipinski definition) is 4. The van der Waals surface area contributed by atoms with Gasteiger partial charge in [0.2, 0.25) is 5.91 Å². The molecule has 0 aromatic heterocycles. The van der Waals surface area contributed by atoms with Crippen LogP contribution in [0.3, 0.4) is 0 Å². The summed E-state index contributed by atoms with van der Waals surface area (Å²) in [5, 5.41) is 9.64. The Labute approximate surface area is 120 Å². The fraction of sp³-hybridized carbons (Fsp3) is 0.533. The molecule has 0 aliphatic heterocycles. The van der Waals surface area contributed by atoms with Crippen LogP contribution in [0.4, 0.5) is 0 Å². The maximum absolute atomic E-state index is 12.2. The van der Waals surface area contributed by atoms with Crippen LogP contribution in [0.1, 0.15) is 11.1 Å². The van der Waals surface area contributed by atoms with E-state index in [9.17, 15) is 9.90 Å². The minimum atomic E-state index is -0.673. The van der Waals surface area contributed by atoms with Crippen LogP contribution in [-0.4, -0.2) is 56.4 Å². The van der Waals surface area contributed by atoms with Crippen molar-refractivity contribution in [3.05, 3.63) is 29.3 Å². The molecule has 0 bridgehead atoms. The summed E-state index contributed by atoms with van der Waals surface area (Å²) in [5.74, 6) is 0.638. The second-order valence-electron chi connectivity index (χ2n) is 4.88. The molecule has 20 heavy (non-hydrogen) atoms. The van der Waals surface area contributed by atoms with Crippen molar-refractivity contribution in [1.29, 1.82) is 0 Å². The molecule has 1 aromatic carbocycles. The van der Waals surface area contributed by atoms with Crippen LogP contribution in [0.5, 0.6) is 5.75 Å². The number of hydrogen-bond donors (Lipinski definition) is 1. The number of ether oxygens (including phenoxy) is 2. The molecule has 1 atom stereocenters. The highest BCUT2D eigenvalue weighted by atomic mass is 16.5. The van der Waals surface area contributed by atoms with Crippen LogP contribution in [0.2, 0.25) is 0 Å². The molecule has 112 valence electrons. The van der Waals surface area contributed by atoms with E-state index in [4.69, 9.17) is 9.47 Å². The molecule has 1 unspecified atom stereocenters. The van der Waals surface area contributed by atoms with Gasteiger partial charge in [0.1, 0.15) is 5.75 Å². The third-order valence-corrected chi connectivity index (χ3v) is 3.05. The van der Waals surface area contributed by atoms with Crippen LogP contribution in [0.15, 0.2) is 18.2 Å². The molecular formula is C15H23NO4. The summed E-state index contributed by atoms with van der Waals surface area (Å²) in [6, 6.07) is 5.74. The minimum absolute atomic E-state index is 0.0657. The van der Waals surface area contributed by atoms with E-state index in [1.54, 1.807) is 14.2 Å². The minimum Gasteiger partial charge on any atom is -0.496 e. The largest absolute Gasteiger partial charge is 0.496 e. The SMILES string of the molecule is COCC(O)CN(C)C(=O)Cc1cc(C)ccc1OC. The van der Waals surface area contributed by atoms with E-state index in [1.807, 2.05) is 25.1 Å². The lowest BCUT2D eigenvalue weighted by molar-refractivity contribution is -0.130. The van der Waals surface area contributed by atoms with Gasteiger partial charge in [-0.05, 0) is 13.0 Å². The van der Waals surface area contributed by atoms with Crippen LogP contribution >= 0.6 is 0 Å². The fourth-order valence-corrected chi connectivity index (χ4v) is 2.01. The smallest absolute Gasteiger partial charge is 0.226 e. The second-order valence-corrected chi connectivity index (χ2v) is 4.88. The number of benzene rings is 1. The van der Waals surface area contributed by atoms with Crippen LogP contribution < -0.4 is 4.74 Å². The van der Waals surface area contributed by atoms with E-state index in [2.05, 4.69) is 0 Å². The van der Waals surface area contributed by atoms with E-state index < -0.39 is 6.10 Å². The van der Waals surface area contributed by atoms with Crippen molar-refractivity contribution in [3.63, 3.8) is 0 Å². The lowest BCUT2D eigenvalue weighted by Gasteiger charge is -2.21. The summed E-state index contributed by atoms with van der Waals surface area (Å²) >= 11 is 0. The first-order valence-corrected chi connectivity index (χ1v) is 6.52. The average molecular weight is 281 g/mol. The summed E-state index contributed by atoms with van der Waals surface area (Å²) in [5.41, 5.74) is 1.93. The predicted molar refractivity (Wildman–Crippen MR) is 77.0 cm³/mol. The first kappa shape index (κ1) is 16.5. The third-order valence-electron chi connectivity index (χ3n) is 3.05. The Morgan fingerprint density at radius 3 is 2.70 bits per heavy atom. The predicted octanol–water partition coefficient (Wildman–Crippen LogP) is 1.01. The summed E-state index contributed by atoms with van der Waals surface area (Å²) in [4.78, 5) is 13.7. The van der Waals surface area contributed by atoms with E-state index in [-0.39, 0.29) is 25.5 Å². The Kier molecular flexibility index (Phi) is 6.48. The second kappa shape index (κ2) is 7.87. The van der Waals surface area contributed by atoms with E-state index in [0.717, 1.165) is 11.1 Å². The molecule has 0 aliphatic rings. The molecule has 0 saturated carbocycles. The Balaban J connectivity index is 2.68. The van der Waals surface area contributed by atoms with Gasteiger partial charge >= 0.3 is 0 Å².